The fraction of sp³-hybridized carbons (Fsp3) is 0.594. The lowest BCUT2D eigenvalue weighted by Gasteiger charge is -2.57. The van der Waals surface area contributed by atoms with Gasteiger partial charge in [0.15, 0.2) is 0 Å². The van der Waals surface area contributed by atoms with E-state index in [2.05, 4.69) is 59.2 Å². The van der Waals surface area contributed by atoms with E-state index in [0.717, 1.165) is 58.4 Å². The van der Waals surface area contributed by atoms with Gasteiger partial charge in [0.2, 0.25) is 0 Å². The lowest BCUT2D eigenvalue weighted by Crippen LogP contribution is -2.51. The first-order valence-electron chi connectivity index (χ1n) is 15.0. The van der Waals surface area contributed by atoms with Crippen LogP contribution >= 0.6 is 0 Å². The second-order valence-corrected chi connectivity index (χ2v) is 13.2. The van der Waals surface area contributed by atoms with Gasteiger partial charge in [-0.15, -0.1) is 0 Å². The zero-order valence-electron chi connectivity index (χ0n) is 23.1. The predicted molar refractivity (Wildman–Crippen MR) is 151 cm³/mol. The Morgan fingerprint density at radius 3 is 2.59 bits per heavy atom. The van der Waals surface area contributed by atoms with Gasteiger partial charge in [0.05, 0.1) is 30.7 Å². The van der Waals surface area contributed by atoms with Crippen molar-refractivity contribution in [2.45, 2.75) is 70.3 Å². The largest absolute Gasteiger partial charge is 0.393 e. The predicted octanol–water partition coefficient (Wildman–Crippen LogP) is 4.97. The fourth-order valence-corrected chi connectivity index (χ4v) is 9.34. The maximum Gasteiger partial charge on any atom is 0.252 e. The first kappa shape index (κ1) is 24.1. The minimum absolute atomic E-state index is 0.0581. The average Bonchev–Trinajstić information content (AvgIpc) is 3.55. The molecule has 3 unspecified atom stereocenters. The van der Waals surface area contributed by atoms with E-state index in [1.807, 2.05) is 4.52 Å². The van der Waals surface area contributed by atoms with Gasteiger partial charge in [0.1, 0.15) is 6.33 Å². The fourth-order valence-electron chi connectivity index (χ4n) is 9.34. The summed E-state index contributed by atoms with van der Waals surface area (Å²) in [5.74, 6) is 2.62. The van der Waals surface area contributed by atoms with Crippen LogP contribution < -0.4 is 4.90 Å². The molecule has 0 bridgehead atoms. The first-order valence-corrected chi connectivity index (χ1v) is 15.0. The number of rotatable bonds is 2. The number of hydrogen-bond donors (Lipinski definition) is 1. The number of morpholine rings is 1. The number of ether oxygens (including phenoxy) is 1. The van der Waals surface area contributed by atoms with E-state index in [0.29, 0.717) is 23.5 Å². The highest BCUT2D eigenvalue weighted by Gasteiger charge is 2.58. The van der Waals surface area contributed by atoms with Crippen molar-refractivity contribution in [2.75, 3.05) is 31.2 Å². The number of benzene rings is 1. The van der Waals surface area contributed by atoms with Crippen LogP contribution in [0.1, 0.15) is 63.6 Å². The summed E-state index contributed by atoms with van der Waals surface area (Å²) in [4.78, 5) is 12.2. The summed E-state index contributed by atoms with van der Waals surface area (Å²) in [7, 11) is 0. The van der Waals surface area contributed by atoms with E-state index < -0.39 is 0 Å². The van der Waals surface area contributed by atoms with Crippen LogP contribution in [0.5, 0.6) is 0 Å². The summed E-state index contributed by atoms with van der Waals surface area (Å²) in [5.41, 5.74) is 8.08. The van der Waals surface area contributed by atoms with Crippen molar-refractivity contribution in [3.63, 3.8) is 0 Å². The lowest BCUT2D eigenvalue weighted by molar-refractivity contribution is -0.0169. The molecule has 39 heavy (non-hydrogen) atoms. The molecule has 0 spiro atoms. The molecule has 1 aliphatic heterocycles. The highest BCUT2D eigenvalue weighted by molar-refractivity contribution is 5.70. The lowest BCUT2D eigenvalue weighted by atomic mass is 9.48. The van der Waals surface area contributed by atoms with Crippen molar-refractivity contribution in [3.8, 4) is 11.3 Å². The molecular formula is C32H39N5O2. The van der Waals surface area contributed by atoms with Crippen LogP contribution in [0.3, 0.4) is 0 Å². The topological polar surface area (TPSA) is 75.8 Å². The molecule has 2 saturated carbocycles. The molecule has 204 valence electrons. The summed E-state index contributed by atoms with van der Waals surface area (Å²) in [6, 6.07) is 9.03. The summed E-state index contributed by atoms with van der Waals surface area (Å²) in [6.07, 6.45) is 11.5. The second kappa shape index (κ2) is 8.61. The molecule has 4 aliphatic carbocycles. The van der Waals surface area contributed by atoms with E-state index in [1.165, 1.54) is 46.6 Å². The Hall–Kier alpha value is -2.77. The number of anilines is 1. The molecule has 5 aliphatic rings. The van der Waals surface area contributed by atoms with Crippen molar-refractivity contribution in [1.82, 2.24) is 19.6 Å². The Balaban J connectivity index is 1.20. The number of aliphatic hydroxyl groups is 1. The van der Waals surface area contributed by atoms with E-state index in [1.54, 1.807) is 6.33 Å². The molecule has 1 N–H and O–H groups in total. The number of fused-ring (bicyclic) bond motifs is 8. The van der Waals surface area contributed by atoms with Crippen LogP contribution in [0.2, 0.25) is 0 Å². The molecule has 6 atom stereocenters. The molecule has 0 amide bonds. The maximum atomic E-state index is 10.4. The van der Waals surface area contributed by atoms with Gasteiger partial charge in [-0.25, -0.2) is 4.98 Å². The Morgan fingerprint density at radius 1 is 0.974 bits per heavy atom. The van der Waals surface area contributed by atoms with Crippen molar-refractivity contribution in [1.29, 1.82) is 0 Å². The number of hydrogen-bond acceptors (Lipinski definition) is 6. The molecule has 1 aromatic carbocycles. The Labute approximate surface area is 230 Å². The molecule has 7 nitrogen and oxygen atoms in total. The van der Waals surface area contributed by atoms with Crippen LogP contribution in [0.15, 0.2) is 42.2 Å². The first-order chi connectivity index (χ1) is 19.0. The Kier molecular flexibility index (Phi) is 5.31. The Morgan fingerprint density at radius 2 is 1.77 bits per heavy atom. The van der Waals surface area contributed by atoms with Crippen LogP contribution in [0, 0.1) is 23.2 Å². The summed E-state index contributed by atoms with van der Waals surface area (Å²) in [5, 5.41) is 15.1. The highest BCUT2D eigenvalue weighted by atomic mass is 16.5. The molecule has 8 rings (SSSR count). The molecule has 3 heterocycles. The van der Waals surface area contributed by atoms with Gasteiger partial charge in [-0.05, 0) is 80.2 Å². The Bertz CT molecular complexity index is 1460. The minimum Gasteiger partial charge on any atom is -0.393 e. The van der Waals surface area contributed by atoms with Gasteiger partial charge < -0.3 is 14.7 Å². The third-order valence-corrected chi connectivity index (χ3v) is 11.5. The number of aliphatic hydroxyl groups excluding tert-OH is 1. The summed E-state index contributed by atoms with van der Waals surface area (Å²) in [6.45, 7) is 8.44. The number of aromatic nitrogens is 4. The summed E-state index contributed by atoms with van der Waals surface area (Å²) >= 11 is 0. The van der Waals surface area contributed by atoms with Crippen molar-refractivity contribution in [3.05, 3.63) is 53.5 Å². The summed E-state index contributed by atoms with van der Waals surface area (Å²) < 4.78 is 7.53. The molecule has 0 radical (unpaired) electrons. The third-order valence-electron chi connectivity index (χ3n) is 11.5. The molecule has 3 aromatic rings. The zero-order valence-corrected chi connectivity index (χ0v) is 23.1. The van der Waals surface area contributed by atoms with Gasteiger partial charge in [0, 0.05) is 35.3 Å². The molecule has 3 fully saturated rings. The normalized spacial score (nSPS) is 35.7. The van der Waals surface area contributed by atoms with E-state index in [4.69, 9.17) is 9.72 Å². The average molecular weight is 526 g/mol. The van der Waals surface area contributed by atoms with Crippen molar-refractivity contribution >= 4 is 11.5 Å². The van der Waals surface area contributed by atoms with E-state index in [-0.39, 0.29) is 16.9 Å². The highest BCUT2D eigenvalue weighted by Crippen LogP contribution is 2.64. The quantitative estimate of drug-likeness (QED) is 0.477. The van der Waals surface area contributed by atoms with Crippen molar-refractivity contribution in [2.24, 2.45) is 23.2 Å². The molecule has 2 aromatic heterocycles. The van der Waals surface area contributed by atoms with Gasteiger partial charge in [-0.3, -0.25) is 0 Å². The van der Waals surface area contributed by atoms with Crippen LogP contribution in [0.4, 0.5) is 5.69 Å². The second-order valence-electron chi connectivity index (χ2n) is 13.2. The number of nitrogens with zero attached hydrogens (tertiary/aromatic N) is 5. The van der Waals surface area contributed by atoms with Gasteiger partial charge in [0.25, 0.3) is 5.78 Å². The van der Waals surface area contributed by atoms with Gasteiger partial charge in [-0.2, -0.15) is 14.6 Å². The maximum absolute atomic E-state index is 10.4. The smallest absolute Gasteiger partial charge is 0.252 e. The third kappa shape index (κ3) is 3.45. The van der Waals surface area contributed by atoms with E-state index >= 15 is 0 Å². The van der Waals surface area contributed by atoms with Crippen LogP contribution in [0.25, 0.3) is 17.0 Å². The van der Waals surface area contributed by atoms with Crippen LogP contribution in [-0.4, -0.2) is 57.1 Å². The van der Waals surface area contributed by atoms with Gasteiger partial charge in [-0.1, -0.05) is 37.6 Å². The standard InChI is InChI=1S/C32H39N5O2/c1-31-11-9-23(38)17-21(31)5-8-24-26(31)10-12-32(2)27(24)18-25-28(37-30(33-19-34-37)35-29(25)32)20-3-6-22(7-4-20)36-13-15-39-16-14-36/h3-7,19,23-24,26-27,38H,8-18H2,1-2H3/t23-,24?,26?,27?,31-,32-/m0/s1. The SMILES string of the molecule is C[C@]12CC[C@H](O)CC1=CCC1C2CC[C@]2(C)c3nc4ncnn4c(-c4ccc(N5CCOCC5)cc4)c3CC12. The molecular weight excluding hydrogens is 486 g/mol. The number of allylic oxidation sites excluding steroid dienone is 1. The van der Waals surface area contributed by atoms with Crippen LogP contribution in [-0.2, 0) is 16.6 Å². The minimum atomic E-state index is -0.157. The van der Waals surface area contributed by atoms with Crippen molar-refractivity contribution < 1.29 is 9.84 Å². The molecule has 7 heteroatoms. The van der Waals surface area contributed by atoms with E-state index in [9.17, 15) is 5.11 Å². The molecule has 1 saturated heterocycles. The zero-order chi connectivity index (χ0) is 26.4. The van der Waals surface area contributed by atoms with Gasteiger partial charge >= 0.3 is 0 Å². The monoisotopic (exact) mass is 525 g/mol.